The summed E-state index contributed by atoms with van der Waals surface area (Å²) in [6.07, 6.45) is 6.00. The molecule has 1 aliphatic rings. The zero-order valence-electron chi connectivity index (χ0n) is 10.6. The molecule has 0 atom stereocenters. The van der Waals surface area contributed by atoms with E-state index in [0.717, 1.165) is 12.2 Å². The van der Waals surface area contributed by atoms with E-state index in [1.807, 2.05) is 0 Å². The van der Waals surface area contributed by atoms with E-state index in [-0.39, 0.29) is 5.54 Å². The summed E-state index contributed by atoms with van der Waals surface area (Å²) in [5.41, 5.74) is 2.89. The van der Waals surface area contributed by atoms with Crippen molar-refractivity contribution < 1.29 is 0 Å². The molecule has 1 aromatic heterocycles. The third kappa shape index (κ3) is 2.55. The van der Waals surface area contributed by atoms with Crippen LogP contribution in [0.4, 0.5) is 5.82 Å². The number of hydrogen-bond donors (Lipinski definition) is 1. The van der Waals surface area contributed by atoms with Gasteiger partial charge in [-0.25, -0.2) is 4.98 Å². The Balaban J connectivity index is 2.10. The van der Waals surface area contributed by atoms with Crippen molar-refractivity contribution in [2.75, 3.05) is 5.32 Å². The van der Waals surface area contributed by atoms with Gasteiger partial charge in [0.1, 0.15) is 5.82 Å². The number of fused-ring (bicyclic) bond motifs is 1. The summed E-state index contributed by atoms with van der Waals surface area (Å²) in [4.78, 5) is 4.71. The van der Waals surface area contributed by atoms with E-state index in [9.17, 15) is 0 Å². The van der Waals surface area contributed by atoms with E-state index in [1.165, 1.54) is 36.9 Å². The van der Waals surface area contributed by atoms with E-state index in [2.05, 4.69) is 38.2 Å². The highest BCUT2D eigenvalue weighted by Crippen LogP contribution is 2.24. The van der Waals surface area contributed by atoms with Crippen molar-refractivity contribution in [3.63, 3.8) is 0 Å². The van der Waals surface area contributed by atoms with Gasteiger partial charge in [0, 0.05) is 11.2 Å². The molecule has 1 heterocycles. The predicted molar refractivity (Wildman–Crippen MR) is 68.9 cm³/mol. The standard InChI is InChI=1S/C14H22N2/c1-4-10-14(2,3)16-13-9-8-11-6-5-7-12(11)15-13/h8-9H,4-7,10H2,1-3H3,(H,15,16). The lowest BCUT2D eigenvalue weighted by Gasteiger charge is -2.26. The molecule has 1 aliphatic carbocycles. The highest BCUT2D eigenvalue weighted by molar-refractivity contribution is 5.42. The van der Waals surface area contributed by atoms with Crippen LogP contribution in [0.2, 0.25) is 0 Å². The number of anilines is 1. The summed E-state index contributed by atoms with van der Waals surface area (Å²) in [7, 11) is 0. The average molecular weight is 218 g/mol. The minimum atomic E-state index is 0.147. The van der Waals surface area contributed by atoms with Crippen LogP contribution in [0.25, 0.3) is 0 Å². The topological polar surface area (TPSA) is 24.9 Å². The SMILES string of the molecule is CCCC(C)(C)Nc1ccc2c(n1)CCC2. The van der Waals surface area contributed by atoms with Gasteiger partial charge in [0.05, 0.1) is 0 Å². The predicted octanol–water partition coefficient (Wildman–Crippen LogP) is 3.56. The van der Waals surface area contributed by atoms with Gasteiger partial charge < -0.3 is 5.32 Å². The van der Waals surface area contributed by atoms with E-state index in [0.29, 0.717) is 0 Å². The van der Waals surface area contributed by atoms with Gasteiger partial charge in [-0.2, -0.15) is 0 Å². The molecular formula is C14H22N2. The van der Waals surface area contributed by atoms with E-state index in [4.69, 9.17) is 4.98 Å². The van der Waals surface area contributed by atoms with Crippen LogP contribution < -0.4 is 5.32 Å². The zero-order chi connectivity index (χ0) is 11.6. The Morgan fingerprint density at radius 2 is 2.12 bits per heavy atom. The molecule has 0 amide bonds. The van der Waals surface area contributed by atoms with E-state index >= 15 is 0 Å². The summed E-state index contributed by atoms with van der Waals surface area (Å²) < 4.78 is 0. The average Bonchev–Trinajstić information content (AvgIpc) is 2.63. The number of pyridine rings is 1. The Morgan fingerprint density at radius 1 is 1.31 bits per heavy atom. The first-order chi connectivity index (χ1) is 7.61. The number of rotatable bonds is 4. The Morgan fingerprint density at radius 3 is 2.88 bits per heavy atom. The Labute approximate surface area is 98.5 Å². The smallest absolute Gasteiger partial charge is 0.126 e. The van der Waals surface area contributed by atoms with Crippen LogP contribution in [-0.4, -0.2) is 10.5 Å². The monoisotopic (exact) mass is 218 g/mol. The van der Waals surface area contributed by atoms with Gasteiger partial charge >= 0.3 is 0 Å². The second-order valence-electron chi connectivity index (χ2n) is 5.41. The molecule has 2 nitrogen and oxygen atoms in total. The molecule has 2 heteroatoms. The highest BCUT2D eigenvalue weighted by atomic mass is 15.0. The van der Waals surface area contributed by atoms with Crippen molar-refractivity contribution in [3.05, 3.63) is 23.4 Å². The van der Waals surface area contributed by atoms with Gasteiger partial charge in [-0.15, -0.1) is 0 Å². The van der Waals surface area contributed by atoms with Crippen molar-refractivity contribution in [1.82, 2.24) is 4.98 Å². The lowest BCUT2D eigenvalue weighted by molar-refractivity contribution is 0.509. The molecule has 0 saturated heterocycles. The third-order valence-electron chi connectivity index (χ3n) is 3.27. The molecule has 0 bridgehead atoms. The van der Waals surface area contributed by atoms with Crippen molar-refractivity contribution in [1.29, 1.82) is 0 Å². The molecule has 0 spiro atoms. The van der Waals surface area contributed by atoms with Crippen molar-refractivity contribution in [2.45, 2.75) is 58.4 Å². The first-order valence-electron chi connectivity index (χ1n) is 6.38. The molecule has 0 aromatic carbocycles. The van der Waals surface area contributed by atoms with Gasteiger partial charge in [-0.3, -0.25) is 0 Å². The second kappa shape index (κ2) is 4.44. The largest absolute Gasteiger partial charge is 0.365 e. The molecule has 0 aliphatic heterocycles. The maximum atomic E-state index is 4.71. The molecule has 0 unspecified atom stereocenters. The number of hydrogen-bond acceptors (Lipinski definition) is 2. The highest BCUT2D eigenvalue weighted by Gasteiger charge is 2.18. The van der Waals surface area contributed by atoms with Gasteiger partial charge in [-0.05, 0) is 51.2 Å². The zero-order valence-corrected chi connectivity index (χ0v) is 10.6. The normalized spacial score (nSPS) is 14.9. The number of nitrogens with one attached hydrogen (secondary N) is 1. The van der Waals surface area contributed by atoms with Crippen molar-refractivity contribution in [2.24, 2.45) is 0 Å². The quantitative estimate of drug-likeness (QED) is 0.835. The Kier molecular flexibility index (Phi) is 3.17. The molecule has 0 fully saturated rings. The molecule has 0 saturated carbocycles. The van der Waals surface area contributed by atoms with Crippen LogP contribution in [-0.2, 0) is 12.8 Å². The van der Waals surface area contributed by atoms with Crippen LogP contribution in [0.5, 0.6) is 0 Å². The van der Waals surface area contributed by atoms with Gasteiger partial charge in [0.15, 0.2) is 0 Å². The van der Waals surface area contributed by atoms with Crippen molar-refractivity contribution >= 4 is 5.82 Å². The number of aromatic nitrogens is 1. The molecule has 16 heavy (non-hydrogen) atoms. The van der Waals surface area contributed by atoms with Gasteiger partial charge in [-0.1, -0.05) is 19.4 Å². The first kappa shape index (κ1) is 11.4. The van der Waals surface area contributed by atoms with Crippen LogP contribution >= 0.6 is 0 Å². The minimum absolute atomic E-state index is 0.147. The molecular weight excluding hydrogens is 196 g/mol. The fraction of sp³-hybridized carbons (Fsp3) is 0.643. The maximum Gasteiger partial charge on any atom is 0.126 e. The van der Waals surface area contributed by atoms with Crippen LogP contribution in [0.1, 0.15) is 51.3 Å². The lowest BCUT2D eigenvalue weighted by Crippen LogP contribution is -2.31. The summed E-state index contributed by atoms with van der Waals surface area (Å²) >= 11 is 0. The van der Waals surface area contributed by atoms with Crippen LogP contribution in [0, 0.1) is 0 Å². The number of nitrogens with zero attached hydrogens (tertiary/aromatic N) is 1. The second-order valence-corrected chi connectivity index (χ2v) is 5.41. The van der Waals surface area contributed by atoms with E-state index < -0.39 is 0 Å². The van der Waals surface area contributed by atoms with Gasteiger partial charge in [0.25, 0.3) is 0 Å². The minimum Gasteiger partial charge on any atom is -0.365 e. The maximum absolute atomic E-state index is 4.71. The van der Waals surface area contributed by atoms with Crippen LogP contribution in [0.15, 0.2) is 12.1 Å². The molecule has 1 aromatic rings. The van der Waals surface area contributed by atoms with Crippen LogP contribution in [0.3, 0.4) is 0 Å². The molecule has 88 valence electrons. The fourth-order valence-corrected chi connectivity index (χ4v) is 2.52. The third-order valence-corrected chi connectivity index (χ3v) is 3.27. The summed E-state index contributed by atoms with van der Waals surface area (Å²) in [5.74, 6) is 1.04. The summed E-state index contributed by atoms with van der Waals surface area (Å²) in [6, 6.07) is 4.36. The van der Waals surface area contributed by atoms with Crippen molar-refractivity contribution in [3.8, 4) is 0 Å². The molecule has 2 rings (SSSR count). The Hall–Kier alpha value is -1.05. The Bertz CT molecular complexity index is 369. The fourth-order valence-electron chi connectivity index (χ4n) is 2.52. The summed E-state index contributed by atoms with van der Waals surface area (Å²) in [5, 5.41) is 3.54. The lowest BCUT2D eigenvalue weighted by atomic mass is 9.99. The van der Waals surface area contributed by atoms with E-state index in [1.54, 1.807) is 0 Å². The first-order valence-corrected chi connectivity index (χ1v) is 6.38. The number of aryl methyl sites for hydroxylation is 2. The molecule has 1 N–H and O–H groups in total. The molecule has 0 radical (unpaired) electrons. The van der Waals surface area contributed by atoms with Gasteiger partial charge in [0.2, 0.25) is 0 Å². The summed E-state index contributed by atoms with van der Waals surface area (Å²) in [6.45, 7) is 6.70.